The molecule has 0 bridgehead atoms. The molecule has 1 amide bonds. The highest BCUT2D eigenvalue weighted by atomic mass is 16.7. The molecule has 168 valence electrons. The van der Waals surface area contributed by atoms with E-state index in [9.17, 15) is 4.79 Å². The summed E-state index contributed by atoms with van der Waals surface area (Å²) < 4.78 is 0. The summed E-state index contributed by atoms with van der Waals surface area (Å²) in [6.45, 7) is 5.62. The Morgan fingerprint density at radius 2 is 1.14 bits per heavy atom. The molecule has 0 aliphatic rings. The third-order valence-electron chi connectivity index (χ3n) is 5.29. The van der Waals surface area contributed by atoms with Crippen LogP contribution in [0.15, 0.2) is 0 Å². The Morgan fingerprint density at radius 1 is 0.679 bits per heavy atom. The average molecular weight is 400 g/mol. The normalized spacial score (nSPS) is 11.1. The molecule has 0 unspecified atom stereocenters. The molecule has 0 saturated heterocycles. The summed E-state index contributed by atoms with van der Waals surface area (Å²) in [5.41, 5.74) is 0. The predicted octanol–water partition coefficient (Wildman–Crippen LogP) is 6.80. The Kier molecular flexibility index (Phi) is 22.2. The monoisotopic (exact) mass is 399 g/mol. The van der Waals surface area contributed by atoms with E-state index in [2.05, 4.69) is 13.8 Å². The Labute approximate surface area is 175 Å². The zero-order valence-corrected chi connectivity index (χ0v) is 19.1. The van der Waals surface area contributed by atoms with Crippen LogP contribution in [0.4, 0.5) is 0 Å². The molecule has 0 atom stereocenters. The maximum atomic E-state index is 12.3. The number of amides is 1. The van der Waals surface area contributed by atoms with Gasteiger partial charge in [-0.05, 0) is 19.3 Å². The topological polar surface area (TPSA) is 49.8 Å². The standard InChI is InChI=1S/C24H49NO3/c1-3-5-7-8-9-10-11-12-13-14-15-16-17-20-24(27)25(21-19-22-26)28-23-18-6-4-2/h26H,3-23H2,1-2H3. The number of hydrogen-bond acceptors (Lipinski definition) is 3. The maximum absolute atomic E-state index is 12.3. The smallest absolute Gasteiger partial charge is 0.246 e. The molecule has 28 heavy (non-hydrogen) atoms. The molecule has 1 N–H and O–H groups in total. The van der Waals surface area contributed by atoms with Crippen molar-refractivity contribution >= 4 is 5.91 Å². The summed E-state index contributed by atoms with van der Waals surface area (Å²) in [4.78, 5) is 18.0. The second kappa shape index (κ2) is 22.7. The van der Waals surface area contributed by atoms with E-state index in [1.54, 1.807) is 0 Å². The fraction of sp³-hybridized carbons (Fsp3) is 0.958. The number of unbranched alkanes of at least 4 members (excludes halogenated alkanes) is 14. The van der Waals surface area contributed by atoms with Gasteiger partial charge in [0, 0.05) is 13.0 Å². The van der Waals surface area contributed by atoms with Crippen LogP contribution in [0.2, 0.25) is 0 Å². The van der Waals surface area contributed by atoms with Crippen LogP contribution in [-0.2, 0) is 9.63 Å². The van der Waals surface area contributed by atoms with Crippen molar-refractivity contribution in [3.63, 3.8) is 0 Å². The van der Waals surface area contributed by atoms with Crippen LogP contribution in [0, 0.1) is 0 Å². The fourth-order valence-electron chi connectivity index (χ4n) is 3.42. The SMILES string of the molecule is CCCCCCCCCCCCCCCC(=O)N(CCCO)OCCCCC. The average Bonchev–Trinajstić information content (AvgIpc) is 2.70. The van der Waals surface area contributed by atoms with E-state index in [1.807, 2.05) is 0 Å². The van der Waals surface area contributed by atoms with Crippen molar-refractivity contribution in [3.05, 3.63) is 0 Å². The summed E-state index contributed by atoms with van der Waals surface area (Å²) in [5.74, 6) is 0.0769. The van der Waals surface area contributed by atoms with Crippen LogP contribution in [0.3, 0.4) is 0 Å². The van der Waals surface area contributed by atoms with Gasteiger partial charge in [-0.15, -0.1) is 0 Å². The van der Waals surface area contributed by atoms with Gasteiger partial charge in [-0.1, -0.05) is 104 Å². The first-order chi connectivity index (χ1) is 13.8. The molecule has 0 aromatic heterocycles. The Morgan fingerprint density at radius 3 is 1.64 bits per heavy atom. The summed E-state index contributed by atoms with van der Waals surface area (Å²) in [5, 5.41) is 10.5. The molecule has 0 aromatic carbocycles. The van der Waals surface area contributed by atoms with Gasteiger partial charge in [0.25, 0.3) is 0 Å². The van der Waals surface area contributed by atoms with Gasteiger partial charge in [0.2, 0.25) is 5.91 Å². The number of carbonyl (C=O) groups excluding carboxylic acids is 1. The molecule has 0 rings (SSSR count). The highest BCUT2D eigenvalue weighted by Gasteiger charge is 2.13. The van der Waals surface area contributed by atoms with Crippen molar-refractivity contribution in [1.29, 1.82) is 0 Å². The van der Waals surface area contributed by atoms with E-state index in [4.69, 9.17) is 9.94 Å². The van der Waals surface area contributed by atoms with E-state index >= 15 is 0 Å². The first-order valence-electron chi connectivity index (χ1n) is 12.3. The summed E-state index contributed by atoms with van der Waals surface area (Å²) in [7, 11) is 0. The molecular weight excluding hydrogens is 350 g/mol. The van der Waals surface area contributed by atoms with E-state index in [0.717, 1.165) is 32.1 Å². The fourth-order valence-corrected chi connectivity index (χ4v) is 3.42. The molecule has 0 saturated carbocycles. The molecule has 0 aliphatic carbocycles. The Balaban J connectivity index is 3.57. The Hall–Kier alpha value is -0.610. The van der Waals surface area contributed by atoms with Crippen molar-refractivity contribution in [1.82, 2.24) is 5.06 Å². The molecule has 0 fully saturated rings. The number of hydroxylamine groups is 2. The second-order valence-corrected chi connectivity index (χ2v) is 8.11. The maximum Gasteiger partial charge on any atom is 0.246 e. The second-order valence-electron chi connectivity index (χ2n) is 8.11. The van der Waals surface area contributed by atoms with Gasteiger partial charge in [-0.2, -0.15) is 0 Å². The largest absolute Gasteiger partial charge is 0.396 e. The van der Waals surface area contributed by atoms with Crippen molar-refractivity contribution in [3.8, 4) is 0 Å². The molecule has 0 spiro atoms. The molecule has 0 heterocycles. The number of nitrogens with zero attached hydrogens (tertiary/aromatic N) is 1. The molecule has 4 heteroatoms. The van der Waals surface area contributed by atoms with Crippen LogP contribution in [-0.4, -0.2) is 35.8 Å². The summed E-state index contributed by atoms with van der Waals surface area (Å²) in [6.07, 6.45) is 21.5. The van der Waals surface area contributed by atoms with E-state index < -0.39 is 0 Å². The first-order valence-corrected chi connectivity index (χ1v) is 12.3. The number of carbonyl (C=O) groups is 1. The van der Waals surface area contributed by atoms with Crippen LogP contribution >= 0.6 is 0 Å². The molecular formula is C24H49NO3. The zero-order valence-electron chi connectivity index (χ0n) is 19.1. The highest BCUT2D eigenvalue weighted by molar-refractivity contribution is 5.74. The lowest BCUT2D eigenvalue weighted by atomic mass is 10.0. The van der Waals surface area contributed by atoms with E-state index in [-0.39, 0.29) is 12.5 Å². The van der Waals surface area contributed by atoms with E-state index in [0.29, 0.717) is 26.0 Å². The summed E-state index contributed by atoms with van der Waals surface area (Å²) >= 11 is 0. The van der Waals surface area contributed by atoms with Gasteiger partial charge in [-0.3, -0.25) is 9.63 Å². The van der Waals surface area contributed by atoms with Gasteiger partial charge in [-0.25, -0.2) is 5.06 Å². The number of aliphatic hydroxyl groups is 1. The van der Waals surface area contributed by atoms with Crippen LogP contribution < -0.4 is 0 Å². The van der Waals surface area contributed by atoms with Gasteiger partial charge >= 0.3 is 0 Å². The minimum absolute atomic E-state index is 0.0769. The third-order valence-corrected chi connectivity index (χ3v) is 5.29. The van der Waals surface area contributed by atoms with E-state index in [1.165, 1.54) is 75.7 Å². The number of rotatable bonds is 22. The Bertz CT molecular complexity index is 323. The lowest BCUT2D eigenvalue weighted by Gasteiger charge is -2.21. The molecule has 0 aromatic rings. The highest BCUT2D eigenvalue weighted by Crippen LogP contribution is 2.13. The first kappa shape index (κ1) is 27.4. The lowest BCUT2D eigenvalue weighted by molar-refractivity contribution is -0.188. The van der Waals surface area contributed by atoms with Gasteiger partial charge in [0.1, 0.15) is 0 Å². The van der Waals surface area contributed by atoms with Crippen LogP contribution in [0.1, 0.15) is 129 Å². The van der Waals surface area contributed by atoms with Crippen molar-refractivity contribution in [2.75, 3.05) is 19.8 Å². The van der Waals surface area contributed by atoms with Crippen LogP contribution in [0.5, 0.6) is 0 Å². The van der Waals surface area contributed by atoms with Gasteiger partial charge in [0.05, 0.1) is 13.2 Å². The molecule has 4 nitrogen and oxygen atoms in total. The molecule has 0 radical (unpaired) electrons. The molecule has 0 aliphatic heterocycles. The summed E-state index contributed by atoms with van der Waals surface area (Å²) in [6, 6.07) is 0. The van der Waals surface area contributed by atoms with Gasteiger partial charge < -0.3 is 5.11 Å². The van der Waals surface area contributed by atoms with Crippen molar-refractivity contribution in [2.24, 2.45) is 0 Å². The van der Waals surface area contributed by atoms with Crippen molar-refractivity contribution < 1.29 is 14.7 Å². The quantitative estimate of drug-likeness (QED) is 0.161. The lowest BCUT2D eigenvalue weighted by Crippen LogP contribution is -2.32. The van der Waals surface area contributed by atoms with Crippen molar-refractivity contribution in [2.45, 2.75) is 129 Å². The minimum atomic E-state index is 0.0769. The zero-order chi connectivity index (χ0) is 20.7. The number of hydrogen-bond donors (Lipinski definition) is 1. The van der Waals surface area contributed by atoms with Gasteiger partial charge in [0.15, 0.2) is 0 Å². The number of aliphatic hydroxyl groups excluding tert-OH is 1. The minimum Gasteiger partial charge on any atom is -0.396 e. The van der Waals surface area contributed by atoms with Crippen LogP contribution in [0.25, 0.3) is 0 Å². The predicted molar refractivity (Wildman–Crippen MR) is 119 cm³/mol. The third kappa shape index (κ3) is 18.7.